The highest BCUT2D eigenvalue weighted by molar-refractivity contribution is 7.47. The molecule has 0 radical (unpaired) electrons. The number of allylic oxidation sites excluding steroid dienone is 14. The number of phosphoric ester groups is 1. The zero-order chi connectivity index (χ0) is 58.7. The Hall–Kier alpha value is -2.81. The fourth-order valence-electron chi connectivity index (χ4n) is 9.76. The van der Waals surface area contributed by atoms with Gasteiger partial charge in [0, 0.05) is 19.4 Å². The van der Waals surface area contributed by atoms with Gasteiger partial charge in [0.25, 0.3) is 0 Å². The van der Waals surface area contributed by atoms with Gasteiger partial charge in [-0.3, -0.25) is 18.6 Å². The second-order valence-electron chi connectivity index (χ2n) is 22.7. The van der Waals surface area contributed by atoms with Crippen LogP contribution in [0, 0.1) is 0 Å². The van der Waals surface area contributed by atoms with Crippen molar-refractivity contribution in [3.05, 3.63) is 85.1 Å². The maximum atomic E-state index is 12.7. The van der Waals surface area contributed by atoms with Crippen molar-refractivity contribution in [1.82, 2.24) is 0 Å². The molecule has 0 rings (SSSR count). The number of ether oxygens (including phenoxy) is 2. The monoisotopic (exact) mass is 1150 g/mol. The zero-order valence-corrected chi connectivity index (χ0v) is 53.7. The molecule has 0 aliphatic rings. The largest absolute Gasteiger partial charge is 0.472 e. The molecule has 0 saturated carbocycles. The number of hydrogen-bond acceptors (Lipinski definition) is 8. The van der Waals surface area contributed by atoms with Gasteiger partial charge in [0.2, 0.25) is 0 Å². The summed E-state index contributed by atoms with van der Waals surface area (Å²) in [4.78, 5) is 35.3. The summed E-state index contributed by atoms with van der Waals surface area (Å²) in [6.07, 6.45) is 88.2. The van der Waals surface area contributed by atoms with Gasteiger partial charge in [0.15, 0.2) is 6.10 Å². The molecule has 81 heavy (non-hydrogen) atoms. The van der Waals surface area contributed by atoms with Crippen LogP contribution in [0.2, 0.25) is 0 Å². The summed E-state index contributed by atoms with van der Waals surface area (Å²) < 4.78 is 33.1. The van der Waals surface area contributed by atoms with E-state index in [1.54, 1.807) is 0 Å². The van der Waals surface area contributed by atoms with Crippen LogP contribution in [0.1, 0.15) is 322 Å². The minimum Gasteiger partial charge on any atom is -0.462 e. The van der Waals surface area contributed by atoms with E-state index in [1.807, 2.05) is 0 Å². The predicted octanol–water partition coefficient (Wildman–Crippen LogP) is 22.2. The fourth-order valence-corrected chi connectivity index (χ4v) is 10.5. The number of unbranched alkanes of at least 4 members (excludes halogenated alkanes) is 37. The molecule has 0 spiro atoms. The highest BCUT2D eigenvalue weighted by atomic mass is 31.2. The van der Waals surface area contributed by atoms with E-state index in [-0.39, 0.29) is 38.6 Å². The Kier molecular flexibility index (Phi) is 64.0. The molecule has 9 nitrogen and oxygen atoms in total. The topological polar surface area (TPSA) is 134 Å². The van der Waals surface area contributed by atoms with Crippen LogP contribution in [-0.2, 0) is 32.7 Å². The van der Waals surface area contributed by atoms with E-state index in [0.29, 0.717) is 6.42 Å². The van der Waals surface area contributed by atoms with E-state index in [2.05, 4.69) is 98.9 Å². The molecule has 10 heteroatoms. The van der Waals surface area contributed by atoms with E-state index < -0.39 is 26.5 Å². The van der Waals surface area contributed by atoms with Gasteiger partial charge in [-0.2, -0.15) is 0 Å². The van der Waals surface area contributed by atoms with Crippen LogP contribution in [0.4, 0.5) is 0 Å². The second kappa shape index (κ2) is 66.3. The Morgan fingerprint density at radius 2 is 0.679 bits per heavy atom. The van der Waals surface area contributed by atoms with E-state index in [1.165, 1.54) is 205 Å². The molecule has 0 aliphatic carbocycles. The van der Waals surface area contributed by atoms with Crippen molar-refractivity contribution in [3.8, 4) is 0 Å². The molecule has 0 bridgehead atoms. The van der Waals surface area contributed by atoms with E-state index in [0.717, 1.165) is 83.5 Å². The number of hydrogen-bond donors (Lipinski definition) is 2. The van der Waals surface area contributed by atoms with Crippen LogP contribution >= 0.6 is 7.82 Å². The summed E-state index contributed by atoms with van der Waals surface area (Å²) in [5, 5.41) is 0. The normalized spacial score (nSPS) is 13.5. The van der Waals surface area contributed by atoms with E-state index in [4.69, 9.17) is 24.3 Å². The van der Waals surface area contributed by atoms with Gasteiger partial charge in [-0.15, -0.1) is 0 Å². The summed E-state index contributed by atoms with van der Waals surface area (Å²) in [7, 11) is -4.40. The summed E-state index contributed by atoms with van der Waals surface area (Å²) in [6, 6.07) is 0. The minimum atomic E-state index is -4.40. The molecule has 0 amide bonds. The highest BCUT2D eigenvalue weighted by Gasteiger charge is 2.26. The molecule has 2 atom stereocenters. The molecule has 0 fully saturated rings. The van der Waals surface area contributed by atoms with Crippen molar-refractivity contribution in [2.45, 2.75) is 328 Å². The lowest BCUT2D eigenvalue weighted by atomic mass is 10.0. The number of carbonyl (C=O) groups excluding carboxylic acids is 2. The molecule has 3 N–H and O–H groups in total. The SMILES string of the molecule is CC/C=C\C/C=C\C/C=C\C/C=C\C/C=C\CCCCCCCCCC(=O)OC(COC(=O)CCCCCCCCCCCCCCCCCCCCCCCCCCC/C=C\C/C=C\CCCCCCC)COP(=O)(O)OCCN. The smallest absolute Gasteiger partial charge is 0.462 e. The van der Waals surface area contributed by atoms with Gasteiger partial charge < -0.3 is 20.1 Å². The second-order valence-corrected chi connectivity index (χ2v) is 24.1. The molecular formula is C71H128NO8P. The van der Waals surface area contributed by atoms with Gasteiger partial charge in [-0.05, 0) is 89.9 Å². The highest BCUT2D eigenvalue weighted by Crippen LogP contribution is 2.43. The van der Waals surface area contributed by atoms with Crippen molar-refractivity contribution >= 4 is 19.8 Å². The third-order valence-corrected chi connectivity index (χ3v) is 15.7. The Bertz CT molecular complexity index is 1600. The van der Waals surface area contributed by atoms with E-state index in [9.17, 15) is 19.0 Å². The molecule has 470 valence electrons. The first-order valence-corrected chi connectivity index (χ1v) is 35.6. The number of carbonyl (C=O) groups is 2. The molecule has 0 aliphatic heterocycles. The molecule has 0 saturated heterocycles. The Labute approximate surface area is 500 Å². The standard InChI is InChI=1S/C71H128NO8P/c1-3-5-7-9-11-13-15-17-19-21-23-25-27-28-29-30-31-32-33-34-35-36-37-38-39-40-42-43-45-47-49-51-53-55-57-59-61-63-70(73)77-67-69(68-79-81(75,76)78-66-65-72)80-71(74)64-62-60-58-56-54-52-50-48-46-44-41-26-24-22-20-18-16-14-12-10-8-6-4-2/h6,8,12,14-15,17-18,20-21,23-24,26,44,46,69H,3-5,7,9-11,13,16,19,22,25,27-43,45,47-68,72H2,1-2H3,(H,75,76)/b8-6-,14-12-,17-15-,20-18-,23-21-,26-24-,46-44-. The van der Waals surface area contributed by atoms with Crippen LogP contribution < -0.4 is 5.73 Å². The maximum Gasteiger partial charge on any atom is 0.472 e. The molecule has 0 heterocycles. The fraction of sp³-hybridized carbons (Fsp3) is 0.775. The first-order chi connectivity index (χ1) is 39.8. The Morgan fingerprint density at radius 1 is 0.383 bits per heavy atom. The van der Waals surface area contributed by atoms with Gasteiger partial charge in [-0.25, -0.2) is 4.57 Å². The Morgan fingerprint density at radius 3 is 1.01 bits per heavy atom. The molecule has 2 unspecified atom stereocenters. The number of phosphoric acid groups is 1. The summed E-state index contributed by atoms with van der Waals surface area (Å²) in [5.74, 6) is -0.831. The quantitative estimate of drug-likeness (QED) is 0.0264. The van der Waals surface area contributed by atoms with Crippen molar-refractivity contribution < 1.29 is 37.6 Å². The van der Waals surface area contributed by atoms with Crippen LogP contribution in [-0.4, -0.2) is 49.3 Å². The van der Waals surface area contributed by atoms with Gasteiger partial charge in [0.1, 0.15) is 6.61 Å². The third kappa shape index (κ3) is 66.2. The first-order valence-electron chi connectivity index (χ1n) is 34.1. The average Bonchev–Trinajstić information content (AvgIpc) is 3.46. The van der Waals surface area contributed by atoms with Gasteiger partial charge >= 0.3 is 19.8 Å². The van der Waals surface area contributed by atoms with Crippen LogP contribution in [0.15, 0.2) is 85.1 Å². The lowest BCUT2D eigenvalue weighted by Crippen LogP contribution is -2.29. The van der Waals surface area contributed by atoms with E-state index >= 15 is 0 Å². The first kappa shape index (κ1) is 78.2. The van der Waals surface area contributed by atoms with Crippen molar-refractivity contribution in [3.63, 3.8) is 0 Å². The molecule has 0 aromatic carbocycles. The summed E-state index contributed by atoms with van der Waals surface area (Å²) in [6.45, 7) is 3.64. The molecular weight excluding hydrogens is 1030 g/mol. The van der Waals surface area contributed by atoms with Gasteiger partial charge in [0.05, 0.1) is 13.2 Å². The molecule has 0 aromatic heterocycles. The number of nitrogens with two attached hydrogens (primary N) is 1. The predicted molar refractivity (Wildman–Crippen MR) is 349 cm³/mol. The Balaban J connectivity index is 3.83. The lowest BCUT2D eigenvalue weighted by molar-refractivity contribution is -0.161. The summed E-state index contributed by atoms with van der Waals surface area (Å²) in [5.41, 5.74) is 5.39. The average molecular weight is 1150 g/mol. The van der Waals surface area contributed by atoms with Crippen LogP contribution in [0.5, 0.6) is 0 Å². The molecule has 0 aromatic rings. The minimum absolute atomic E-state index is 0.0492. The lowest BCUT2D eigenvalue weighted by Gasteiger charge is -2.19. The van der Waals surface area contributed by atoms with Crippen molar-refractivity contribution in [2.75, 3.05) is 26.4 Å². The third-order valence-electron chi connectivity index (χ3n) is 14.8. The number of esters is 2. The van der Waals surface area contributed by atoms with Crippen molar-refractivity contribution in [2.24, 2.45) is 5.73 Å². The zero-order valence-electron chi connectivity index (χ0n) is 52.8. The van der Waals surface area contributed by atoms with Crippen LogP contribution in [0.3, 0.4) is 0 Å². The maximum absolute atomic E-state index is 12.7. The number of rotatable bonds is 64. The van der Waals surface area contributed by atoms with Gasteiger partial charge in [-0.1, -0.05) is 304 Å². The van der Waals surface area contributed by atoms with Crippen molar-refractivity contribution in [1.29, 1.82) is 0 Å². The van der Waals surface area contributed by atoms with Crippen LogP contribution in [0.25, 0.3) is 0 Å². The summed E-state index contributed by atoms with van der Waals surface area (Å²) >= 11 is 0.